The van der Waals surface area contributed by atoms with E-state index in [1.165, 1.54) is 12.1 Å². The lowest BCUT2D eigenvalue weighted by molar-refractivity contribution is -0.274. The molecule has 3 aromatic carbocycles. The van der Waals surface area contributed by atoms with Crippen LogP contribution < -0.4 is 9.64 Å². The summed E-state index contributed by atoms with van der Waals surface area (Å²) in [5.41, 5.74) is 1.79. The van der Waals surface area contributed by atoms with Crippen LogP contribution in [-0.2, 0) is 0 Å². The molecule has 122 valence electrons. The van der Waals surface area contributed by atoms with E-state index in [9.17, 15) is 13.2 Å². The summed E-state index contributed by atoms with van der Waals surface area (Å²) in [6.07, 6.45) is -4.75. The van der Waals surface area contributed by atoms with Crippen LogP contribution in [-0.4, -0.2) is 6.36 Å². The van der Waals surface area contributed by atoms with Crippen molar-refractivity contribution >= 4 is 17.1 Å². The Hall–Kier alpha value is -2.95. The SMILES string of the molecule is FC(F)(F)Oc1ccccc1N(c1ccccc1)c1ccccc1. The minimum atomic E-state index is -4.75. The van der Waals surface area contributed by atoms with Crippen molar-refractivity contribution in [3.05, 3.63) is 84.9 Å². The van der Waals surface area contributed by atoms with E-state index >= 15 is 0 Å². The molecule has 0 saturated carbocycles. The Morgan fingerprint density at radius 2 is 1.08 bits per heavy atom. The van der Waals surface area contributed by atoms with Gasteiger partial charge in [-0.15, -0.1) is 13.2 Å². The van der Waals surface area contributed by atoms with Gasteiger partial charge in [0.2, 0.25) is 0 Å². The Balaban J connectivity index is 2.14. The summed E-state index contributed by atoms with van der Waals surface area (Å²) >= 11 is 0. The van der Waals surface area contributed by atoms with Crippen LogP contribution in [0.4, 0.5) is 30.2 Å². The lowest BCUT2D eigenvalue weighted by Gasteiger charge is -2.27. The molecule has 24 heavy (non-hydrogen) atoms. The molecule has 0 atom stereocenters. The number of para-hydroxylation sites is 4. The van der Waals surface area contributed by atoms with E-state index in [1.807, 2.05) is 60.7 Å². The van der Waals surface area contributed by atoms with Crippen LogP contribution in [0.25, 0.3) is 0 Å². The lowest BCUT2D eigenvalue weighted by Crippen LogP contribution is -2.19. The van der Waals surface area contributed by atoms with Gasteiger partial charge in [-0.1, -0.05) is 48.5 Å². The average Bonchev–Trinajstić information content (AvgIpc) is 2.57. The standard InChI is InChI=1S/C19H14F3NO/c20-19(21,22)24-18-14-8-7-13-17(18)23(15-9-3-1-4-10-15)16-11-5-2-6-12-16/h1-14H. The van der Waals surface area contributed by atoms with E-state index < -0.39 is 6.36 Å². The van der Waals surface area contributed by atoms with E-state index in [0.717, 1.165) is 11.4 Å². The lowest BCUT2D eigenvalue weighted by atomic mass is 10.2. The Morgan fingerprint density at radius 3 is 1.58 bits per heavy atom. The third-order valence-corrected chi connectivity index (χ3v) is 3.36. The molecule has 0 aromatic heterocycles. The van der Waals surface area contributed by atoms with E-state index in [0.29, 0.717) is 5.69 Å². The van der Waals surface area contributed by atoms with E-state index in [2.05, 4.69) is 4.74 Å². The summed E-state index contributed by atoms with van der Waals surface area (Å²) in [6.45, 7) is 0. The molecule has 0 spiro atoms. The Kier molecular flexibility index (Phi) is 4.42. The first-order chi connectivity index (χ1) is 11.5. The van der Waals surface area contributed by atoms with E-state index in [-0.39, 0.29) is 5.75 Å². The molecule has 0 unspecified atom stereocenters. The van der Waals surface area contributed by atoms with E-state index in [4.69, 9.17) is 0 Å². The molecular weight excluding hydrogens is 315 g/mol. The van der Waals surface area contributed by atoms with Gasteiger partial charge < -0.3 is 9.64 Å². The first-order valence-electron chi connectivity index (χ1n) is 7.29. The zero-order chi connectivity index (χ0) is 17.0. The van der Waals surface area contributed by atoms with E-state index in [1.54, 1.807) is 17.0 Å². The smallest absolute Gasteiger partial charge is 0.404 e. The first kappa shape index (κ1) is 15.9. The van der Waals surface area contributed by atoms with Crippen molar-refractivity contribution in [2.24, 2.45) is 0 Å². The van der Waals surface area contributed by atoms with Gasteiger partial charge in [0, 0.05) is 11.4 Å². The molecule has 0 aliphatic carbocycles. The maximum atomic E-state index is 12.7. The van der Waals surface area contributed by atoms with Gasteiger partial charge >= 0.3 is 6.36 Å². The van der Waals surface area contributed by atoms with Gasteiger partial charge in [-0.2, -0.15) is 0 Å². The molecule has 0 bridgehead atoms. The second-order valence-electron chi connectivity index (χ2n) is 5.02. The second-order valence-corrected chi connectivity index (χ2v) is 5.02. The Morgan fingerprint density at radius 1 is 0.625 bits per heavy atom. The summed E-state index contributed by atoms with van der Waals surface area (Å²) in [7, 11) is 0. The predicted octanol–water partition coefficient (Wildman–Crippen LogP) is 6.06. The summed E-state index contributed by atoms with van der Waals surface area (Å²) < 4.78 is 42.5. The summed E-state index contributed by atoms with van der Waals surface area (Å²) in [5, 5.41) is 0. The predicted molar refractivity (Wildman–Crippen MR) is 87.8 cm³/mol. The van der Waals surface area contributed by atoms with Crippen molar-refractivity contribution in [1.29, 1.82) is 0 Å². The monoisotopic (exact) mass is 329 g/mol. The van der Waals surface area contributed by atoms with Crippen LogP contribution in [0.3, 0.4) is 0 Å². The maximum absolute atomic E-state index is 12.7. The molecule has 0 aliphatic heterocycles. The van der Waals surface area contributed by atoms with Gasteiger partial charge in [0.25, 0.3) is 0 Å². The van der Waals surface area contributed by atoms with Gasteiger partial charge in [0.05, 0.1) is 5.69 Å². The van der Waals surface area contributed by atoms with Crippen molar-refractivity contribution in [3.63, 3.8) is 0 Å². The van der Waals surface area contributed by atoms with Crippen LogP contribution in [0, 0.1) is 0 Å². The van der Waals surface area contributed by atoms with Gasteiger partial charge in [-0.25, -0.2) is 0 Å². The highest BCUT2D eigenvalue weighted by atomic mass is 19.4. The summed E-state index contributed by atoms with van der Waals surface area (Å²) in [6, 6.07) is 24.5. The highest BCUT2D eigenvalue weighted by Crippen LogP contribution is 2.41. The minimum absolute atomic E-state index is 0.252. The highest BCUT2D eigenvalue weighted by Gasteiger charge is 2.33. The fourth-order valence-corrected chi connectivity index (χ4v) is 2.43. The van der Waals surface area contributed by atoms with Gasteiger partial charge in [0.1, 0.15) is 0 Å². The fourth-order valence-electron chi connectivity index (χ4n) is 2.43. The van der Waals surface area contributed by atoms with Crippen LogP contribution >= 0.6 is 0 Å². The van der Waals surface area contributed by atoms with Gasteiger partial charge in [0.15, 0.2) is 5.75 Å². The highest BCUT2D eigenvalue weighted by molar-refractivity contribution is 5.79. The average molecular weight is 329 g/mol. The van der Waals surface area contributed by atoms with Crippen molar-refractivity contribution in [2.75, 3.05) is 4.90 Å². The molecule has 2 nitrogen and oxygen atoms in total. The van der Waals surface area contributed by atoms with Gasteiger partial charge in [-0.3, -0.25) is 0 Å². The van der Waals surface area contributed by atoms with Crippen LogP contribution in [0.1, 0.15) is 0 Å². The molecule has 0 saturated heterocycles. The number of rotatable bonds is 4. The third-order valence-electron chi connectivity index (χ3n) is 3.36. The fraction of sp³-hybridized carbons (Fsp3) is 0.0526. The Labute approximate surface area is 137 Å². The molecule has 0 amide bonds. The van der Waals surface area contributed by atoms with Crippen LogP contribution in [0.15, 0.2) is 84.9 Å². The maximum Gasteiger partial charge on any atom is 0.573 e. The number of anilines is 3. The zero-order valence-corrected chi connectivity index (χ0v) is 12.6. The molecule has 3 rings (SSSR count). The molecule has 5 heteroatoms. The van der Waals surface area contributed by atoms with Crippen molar-refractivity contribution in [2.45, 2.75) is 6.36 Å². The van der Waals surface area contributed by atoms with Crippen molar-refractivity contribution < 1.29 is 17.9 Å². The molecule has 0 fully saturated rings. The molecule has 0 aliphatic rings. The summed E-state index contributed by atoms with van der Waals surface area (Å²) in [4.78, 5) is 1.72. The van der Waals surface area contributed by atoms with Gasteiger partial charge in [-0.05, 0) is 36.4 Å². The number of hydrogen-bond acceptors (Lipinski definition) is 2. The topological polar surface area (TPSA) is 12.5 Å². The first-order valence-corrected chi connectivity index (χ1v) is 7.29. The number of alkyl halides is 3. The number of benzene rings is 3. The van der Waals surface area contributed by atoms with Crippen molar-refractivity contribution in [3.8, 4) is 5.75 Å². The Bertz CT molecular complexity index is 749. The zero-order valence-electron chi connectivity index (χ0n) is 12.6. The number of nitrogens with zero attached hydrogens (tertiary/aromatic N) is 1. The number of ether oxygens (including phenoxy) is 1. The minimum Gasteiger partial charge on any atom is -0.404 e. The normalized spacial score (nSPS) is 11.1. The number of halogens is 3. The largest absolute Gasteiger partial charge is 0.573 e. The summed E-state index contributed by atoms with van der Waals surface area (Å²) in [5.74, 6) is -0.252. The van der Waals surface area contributed by atoms with Crippen LogP contribution in [0.5, 0.6) is 5.75 Å². The third kappa shape index (κ3) is 3.68. The second kappa shape index (κ2) is 6.66. The molecular formula is C19H14F3NO. The molecule has 0 heterocycles. The van der Waals surface area contributed by atoms with Crippen LogP contribution in [0.2, 0.25) is 0 Å². The van der Waals surface area contributed by atoms with Crippen molar-refractivity contribution in [1.82, 2.24) is 0 Å². The number of hydrogen-bond donors (Lipinski definition) is 0. The molecule has 3 aromatic rings. The molecule has 0 N–H and O–H groups in total. The molecule has 0 radical (unpaired) electrons. The quantitative estimate of drug-likeness (QED) is 0.577.